The first-order valence-electron chi connectivity index (χ1n) is 10.4. The van der Waals surface area contributed by atoms with E-state index in [-0.39, 0.29) is 30.5 Å². The lowest BCUT2D eigenvalue weighted by atomic mass is 10.2. The molecule has 4 rings (SSSR count). The summed E-state index contributed by atoms with van der Waals surface area (Å²) in [6.45, 7) is 5.02. The molecule has 33 heavy (non-hydrogen) atoms. The fourth-order valence-corrected chi connectivity index (χ4v) is 5.92. The lowest BCUT2D eigenvalue weighted by molar-refractivity contribution is -0.129. The van der Waals surface area contributed by atoms with Crippen molar-refractivity contribution in [2.45, 2.75) is 24.8 Å². The fourth-order valence-electron chi connectivity index (χ4n) is 3.65. The smallest absolute Gasteiger partial charge is 0.271 e. The lowest BCUT2D eigenvalue weighted by Gasteiger charge is -2.34. The molecule has 0 saturated carbocycles. The number of benzene rings is 1. The summed E-state index contributed by atoms with van der Waals surface area (Å²) < 4.78 is 29.8. The second-order valence-corrected chi connectivity index (χ2v) is 10.7. The van der Waals surface area contributed by atoms with Crippen LogP contribution < -0.4 is 5.84 Å². The number of amides is 1. The Morgan fingerprint density at radius 3 is 2.42 bits per heavy atom. The van der Waals surface area contributed by atoms with Gasteiger partial charge in [-0.1, -0.05) is 42.1 Å². The number of nitrogens with zero attached hydrogens (tertiary/aromatic N) is 7. The van der Waals surface area contributed by atoms with Crippen molar-refractivity contribution in [2.75, 3.05) is 37.8 Å². The highest BCUT2D eigenvalue weighted by Crippen LogP contribution is 2.19. The quantitative estimate of drug-likeness (QED) is 0.375. The van der Waals surface area contributed by atoms with E-state index in [0.717, 1.165) is 17.0 Å². The number of thioether (sulfide) groups is 1. The second kappa shape index (κ2) is 9.53. The molecular formula is C20H26N8O3S2. The van der Waals surface area contributed by atoms with E-state index in [4.69, 9.17) is 5.84 Å². The molecule has 3 heterocycles. The number of hydrogen-bond acceptors (Lipinski definition) is 8. The molecule has 2 N–H and O–H groups in total. The van der Waals surface area contributed by atoms with Gasteiger partial charge in [0.05, 0.1) is 17.2 Å². The highest BCUT2D eigenvalue weighted by Gasteiger charge is 2.29. The molecule has 1 amide bonds. The summed E-state index contributed by atoms with van der Waals surface area (Å²) >= 11 is 1.19. The number of carbonyl (C=O) groups excluding carboxylic acids is 1. The Morgan fingerprint density at radius 2 is 1.79 bits per heavy atom. The molecule has 1 saturated heterocycles. The molecule has 3 aromatic rings. The van der Waals surface area contributed by atoms with Crippen LogP contribution in [-0.4, -0.2) is 80.1 Å². The standard InChI is InChI=1S/C20H26N8O3S2/c1-15-12-16(2)28(24-15)19-22-23-20(27(19)21)32-13-18(29)25-8-10-26(11-9-25)33(30,31)14-17-6-4-3-5-7-17/h3-7,12H,8-11,13-14,21H2,1-2H3. The number of piperazine rings is 1. The van der Waals surface area contributed by atoms with E-state index in [9.17, 15) is 13.2 Å². The summed E-state index contributed by atoms with van der Waals surface area (Å²) in [6.07, 6.45) is 0. The molecule has 0 atom stereocenters. The van der Waals surface area contributed by atoms with Crippen LogP contribution in [0.15, 0.2) is 41.6 Å². The number of aromatic nitrogens is 5. The molecular weight excluding hydrogens is 464 g/mol. The Kier molecular flexibility index (Phi) is 6.72. The van der Waals surface area contributed by atoms with E-state index in [1.165, 1.54) is 20.7 Å². The highest BCUT2D eigenvalue weighted by atomic mass is 32.2. The molecule has 11 nitrogen and oxygen atoms in total. The molecule has 1 aliphatic rings. The van der Waals surface area contributed by atoms with Crippen LogP contribution in [-0.2, 0) is 20.6 Å². The van der Waals surface area contributed by atoms with Crippen LogP contribution in [0.1, 0.15) is 17.0 Å². The summed E-state index contributed by atoms with van der Waals surface area (Å²) in [5.41, 5.74) is 2.46. The third-order valence-electron chi connectivity index (χ3n) is 5.35. The third-order valence-corrected chi connectivity index (χ3v) is 8.12. The summed E-state index contributed by atoms with van der Waals surface area (Å²) in [7, 11) is -3.43. The van der Waals surface area contributed by atoms with Crippen LogP contribution in [0, 0.1) is 13.8 Å². The minimum Gasteiger partial charge on any atom is -0.339 e. The maximum absolute atomic E-state index is 12.7. The normalized spacial score (nSPS) is 15.2. The first-order chi connectivity index (χ1) is 15.7. The van der Waals surface area contributed by atoms with Gasteiger partial charge in [0.15, 0.2) is 0 Å². The van der Waals surface area contributed by atoms with E-state index >= 15 is 0 Å². The Hall–Kier alpha value is -2.90. The van der Waals surface area contributed by atoms with E-state index in [1.807, 2.05) is 38.1 Å². The molecule has 1 fully saturated rings. The molecule has 2 aromatic heterocycles. The van der Waals surface area contributed by atoms with E-state index in [0.29, 0.717) is 24.2 Å². The van der Waals surface area contributed by atoms with E-state index in [1.54, 1.807) is 21.7 Å². The number of rotatable bonds is 7. The van der Waals surface area contributed by atoms with E-state index < -0.39 is 10.0 Å². The van der Waals surface area contributed by atoms with Crippen molar-refractivity contribution < 1.29 is 13.2 Å². The van der Waals surface area contributed by atoms with Crippen molar-refractivity contribution in [1.29, 1.82) is 0 Å². The number of carbonyl (C=O) groups is 1. The zero-order valence-corrected chi connectivity index (χ0v) is 20.1. The van der Waals surface area contributed by atoms with Crippen molar-refractivity contribution in [3.63, 3.8) is 0 Å². The largest absolute Gasteiger partial charge is 0.339 e. The fraction of sp³-hybridized carbons (Fsp3) is 0.400. The van der Waals surface area contributed by atoms with Crippen molar-refractivity contribution >= 4 is 27.7 Å². The average Bonchev–Trinajstić information content (AvgIpc) is 3.32. The first kappa shape index (κ1) is 23.3. The molecule has 0 unspecified atom stereocenters. The number of aryl methyl sites for hydroxylation is 2. The molecule has 1 aliphatic heterocycles. The van der Waals surface area contributed by atoms with Gasteiger partial charge < -0.3 is 10.7 Å². The Morgan fingerprint density at radius 1 is 1.09 bits per heavy atom. The Bertz CT molecular complexity index is 1230. The molecule has 176 valence electrons. The van der Waals surface area contributed by atoms with Crippen LogP contribution in [0.5, 0.6) is 0 Å². The van der Waals surface area contributed by atoms with Gasteiger partial charge in [-0.3, -0.25) is 4.79 Å². The summed E-state index contributed by atoms with van der Waals surface area (Å²) in [5, 5.41) is 12.9. The minimum atomic E-state index is -3.43. The van der Waals surface area contributed by atoms with Gasteiger partial charge in [-0.25, -0.2) is 17.8 Å². The molecule has 0 spiro atoms. The number of sulfonamides is 1. The van der Waals surface area contributed by atoms with E-state index in [2.05, 4.69) is 15.3 Å². The van der Waals surface area contributed by atoms with Gasteiger partial charge >= 0.3 is 0 Å². The SMILES string of the molecule is Cc1cc(C)n(-c2nnc(SCC(=O)N3CCN(S(=O)(=O)Cc4ccccc4)CC3)n2N)n1. The van der Waals surface area contributed by atoms with Gasteiger partial charge in [-0.2, -0.15) is 9.40 Å². The van der Waals surface area contributed by atoms with Crippen LogP contribution in [0.2, 0.25) is 0 Å². The van der Waals surface area contributed by atoms with Crippen LogP contribution in [0.3, 0.4) is 0 Å². The van der Waals surface area contributed by atoms with Crippen molar-refractivity contribution in [3.05, 3.63) is 53.3 Å². The Labute approximate surface area is 196 Å². The van der Waals surface area contributed by atoms with Crippen LogP contribution in [0.4, 0.5) is 0 Å². The Balaban J connectivity index is 1.31. The molecule has 0 aliphatic carbocycles. The maximum atomic E-state index is 12.7. The summed E-state index contributed by atoms with van der Waals surface area (Å²) in [6, 6.07) is 11.0. The number of nitrogen functional groups attached to an aromatic ring is 1. The highest BCUT2D eigenvalue weighted by molar-refractivity contribution is 7.99. The molecule has 13 heteroatoms. The van der Waals surface area contributed by atoms with Gasteiger partial charge in [0, 0.05) is 31.9 Å². The summed E-state index contributed by atoms with van der Waals surface area (Å²) in [5.74, 6) is 6.47. The minimum absolute atomic E-state index is 0.0403. The van der Waals surface area contributed by atoms with Gasteiger partial charge in [-0.05, 0) is 25.5 Å². The number of hydrogen-bond donors (Lipinski definition) is 1. The van der Waals surface area contributed by atoms with Gasteiger partial charge in [-0.15, -0.1) is 10.2 Å². The summed E-state index contributed by atoms with van der Waals surface area (Å²) in [4.78, 5) is 14.4. The molecule has 0 bridgehead atoms. The maximum Gasteiger partial charge on any atom is 0.271 e. The zero-order valence-electron chi connectivity index (χ0n) is 18.5. The average molecular weight is 491 g/mol. The number of nitrogens with two attached hydrogens (primary N) is 1. The monoisotopic (exact) mass is 490 g/mol. The topological polar surface area (TPSA) is 132 Å². The first-order valence-corrected chi connectivity index (χ1v) is 13.0. The predicted octanol–water partition coefficient (Wildman–Crippen LogP) is 0.561. The van der Waals surface area contributed by atoms with Crippen LogP contribution in [0.25, 0.3) is 5.95 Å². The van der Waals surface area contributed by atoms with Crippen molar-refractivity contribution in [3.8, 4) is 5.95 Å². The zero-order chi connectivity index (χ0) is 23.6. The van der Waals surface area contributed by atoms with Crippen molar-refractivity contribution in [2.24, 2.45) is 0 Å². The molecule has 0 radical (unpaired) electrons. The lowest BCUT2D eigenvalue weighted by Crippen LogP contribution is -2.51. The predicted molar refractivity (Wildman–Crippen MR) is 125 cm³/mol. The third kappa shape index (κ3) is 5.20. The van der Waals surface area contributed by atoms with Gasteiger partial charge in [0.2, 0.25) is 21.1 Å². The second-order valence-electron chi connectivity index (χ2n) is 7.80. The van der Waals surface area contributed by atoms with Gasteiger partial charge in [0.1, 0.15) is 0 Å². The van der Waals surface area contributed by atoms with Crippen molar-refractivity contribution in [1.82, 2.24) is 33.9 Å². The molecule has 1 aromatic carbocycles. The van der Waals surface area contributed by atoms with Gasteiger partial charge in [0.25, 0.3) is 5.95 Å². The van der Waals surface area contributed by atoms with Crippen LogP contribution >= 0.6 is 11.8 Å².